The molecule has 116 valence electrons. The molecule has 1 saturated carbocycles. The molecule has 0 bridgehead atoms. The molecule has 21 heavy (non-hydrogen) atoms. The summed E-state index contributed by atoms with van der Waals surface area (Å²) in [7, 11) is 0. The second-order valence-corrected chi connectivity index (χ2v) is 6.42. The first kappa shape index (κ1) is 16.0. The van der Waals surface area contributed by atoms with Crippen LogP contribution in [0.2, 0.25) is 0 Å². The maximum atomic E-state index is 11.4. The zero-order valence-electron chi connectivity index (χ0n) is 12.9. The Morgan fingerprint density at radius 2 is 1.90 bits per heavy atom. The van der Waals surface area contributed by atoms with Crippen LogP contribution in [-0.2, 0) is 4.79 Å². The van der Waals surface area contributed by atoms with Crippen LogP contribution in [-0.4, -0.2) is 24.2 Å². The Kier molecular flexibility index (Phi) is 6.24. The number of hydrogen-bond acceptors (Lipinski definition) is 2. The molecule has 0 aliphatic heterocycles. The van der Waals surface area contributed by atoms with Crippen molar-refractivity contribution in [3.63, 3.8) is 0 Å². The maximum Gasteiger partial charge on any atom is 0.312 e. The lowest BCUT2D eigenvalue weighted by atomic mass is 9.81. The number of hydrogen-bond donors (Lipinski definition) is 2. The van der Waals surface area contributed by atoms with E-state index in [1.54, 1.807) is 0 Å². The van der Waals surface area contributed by atoms with Gasteiger partial charge in [-0.1, -0.05) is 62.9 Å². The third kappa shape index (κ3) is 5.16. The van der Waals surface area contributed by atoms with Crippen LogP contribution in [0, 0.1) is 11.8 Å². The monoisotopic (exact) mass is 289 g/mol. The van der Waals surface area contributed by atoms with Gasteiger partial charge in [-0.25, -0.2) is 0 Å². The van der Waals surface area contributed by atoms with Crippen molar-refractivity contribution in [2.75, 3.05) is 13.1 Å². The van der Waals surface area contributed by atoms with Gasteiger partial charge in [-0.3, -0.25) is 4.79 Å². The number of rotatable bonds is 7. The molecule has 0 heterocycles. The molecule has 0 radical (unpaired) electrons. The van der Waals surface area contributed by atoms with Crippen LogP contribution in [0.3, 0.4) is 0 Å². The number of benzene rings is 1. The molecule has 1 atom stereocenters. The van der Waals surface area contributed by atoms with E-state index in [1.165, 1.54) is 32.1 Å². The number of carbonyl (C=O) groups is 1. The quantitative estimate of drug-likeness (QED) is 0.753. The lowest BCUT2D eigenvalue weighted by molar-refractivity contribution is -0.138. The maximum absolute atomic E-state index is 11.4. The van der Waals surface area contributed by atoms with Gasteiger partial charge in [0.15, 0.2) is 0 Å². The highest BCUT2D eigenvalue weighted by molar-refractivity contribution is 5.76. The second-order valence-electron chi connectivity index (χ2n) is 6.42. The first-order chi connectivity index (χ1) is 10.2. The van der Waals surface area contributed by atoms with Crippen molar-refractivity contribution in [1.29, 1.82) is 0 Å². The summed E-state index contributed by atoms with van der Waals surface area (Å²) in [6.45, 7) is 3.78. The van der Waals surface area contributed by atoms with E-state index in [2.05, 4.69) is 12.2 Å². The first-order valence-corrected chi connectivity index (χ1v) is 8.15. The molecule has 2 rings (SSSR count). The van der Waals surface area contributed by atoms with E-state index in [0.29, 0.717) is 6.54 Å². The Labute approximate surface area is 127 Å². The fourth-order valence-corrected chi connectivity index (χ4v) is 3.20. The summed E-state index contributed by atoms with van der Waals surface area (Å²) in [6, 6.07) is 9.49. The van der Waals surface area contributed by atoms with Crippen LogP contribution in [0.25, 0.3) is 0 Å². The Morgan fingerprint density at radius 1 is 1.24 bits per heavy atom. The summed E-state index contributed by atoms with van der Waals surface area (Å²) in [5.74, 6) is 0.523. The normalized spacial score (nSPS) is 23.7. The van der Waals surface area contributed by atoms with E-state index in [0.717, 1.165) is 23.9 Å². The van der Waals surface area contributed by atoms with Gasteiger partial charge in [0, 0.05) is 6.54 Å². The van der Waals surface area contributed by atoms with Gasteiger partial charge in [0.2, 0.25) is 0 Å². The summed E-state index contributed by atoms with van der Waals surface area (Å²) in [4.78, 5) is 11.4. The van der Waals surface area contributed by atoms with Crippen LogP contribution >= 0.6 is 0 Å². The molecule has 0 spiro atoms. The first-order valence-electron chi connectivity index (χ1n) is 8.15. The van der Waals surface area contributed by atoms with Crippen LogP contribution < -0.4 is 5.32 Å². The van der Waals surface area contributed by atoms with Crippen molar-refractivity contribution >= 4 is 5.97 Å². The van der Waals surface area contributed by atoms with Gasteiger partial charge < -0.3 is 10.4 Å². The highest BCUT2D eigenvalue weighted by Crippen LogP contribution is 2.29. The van der Waals surface area contributed by atoms with Gasteiger partial charge in [0.05, 0.1) is 5.92 Å². The van der Waals surface area contributed by atoms with Crippen molar-refractivity contribution < 1.29 is 9.90 Å². The zero-order chi connectivity index (χ0) is 15.1. The van der Waals surface area contributed by atoms with Gasteiger partial charge in [0.25, 0.3) is 0 Å². The smallest absolute Gasteiger partial charge is 0.312 e. The van der Waals surface area contributed by atoms with Crippen molar-refractivity contribution in [1.82, 2.24) is 5.32 Å². The van der Waals surface area contributed by atoms with E-state index >= 15 is 0 Å². The topological polar surface area (TPSA) is 49.3 Å². The zero-order valence-corrected chi connectivity index (χ0v) is 12.9. The average Bonchev–Trinajstić information content (AvgIpc) is 2.49. The molecule has 0 aromatic heterocycles. The Hall–Kier alpha value is -1.35. The third-order valence-electron chi connectivity index (χ3n) is 4.71. The van der Waals surface area contributed by atoms with E-state index < -0.39 is 11.9 Å². The van der Waals surface area contributed by atoms with E-state index in [-0.39, 0.29) is 0 Å². The van der Waals surface area contributed by atoms with Gasteiger partial charge >= 0.3 is 5.97 Å². The molecule has 3 nitrogen and oxygen atoms in total. The molecule has 2 N–H and O–H groups in total. The van der Waals surface area contributed by atoms with Crippen LogP contribution in [0.5, 0.6) is 0 Å². The van der Waals surface area contributed by atoms with Crippen molar-refractivity contribution in [3.8, 4) is 0 Å². The van der Waals surface area contributed by atoms with Gasteiger partial charge in [-0.15, -0.1) is 0 Å². The van der Waals surface area contributed by atoms with Gasteiger partial charge in [-0.05, 0) is 30.4 Å². The fraction of sp³-hybridized carbons (Fsp3) is 0.611. The largest absolute Gasteiger partial charge is 0.481 e. The third-order valence-corrected chi connectivity index (χ3v) is 4.71. The highest BCUT2D eigenvalue weighted by Gasteiger charge is 2.20. The number of nitrogens with one attached hydrogen (secondary N) is 1. The van der Waals surface area contributed by atoms with Crippen molar-refractivity contribution in [3.05, 3.63) is 35.9 Å². The van der Waals surface area contributed by atoms with E-state index in [9.17, 15) is 9.90 Å². The lowest BCUT2D eigenvalue weighted by Gasteiger charge is -2.26. The average molecular weight is 289 g/mol. The molecule has 3 heteroatoms. The molecule has 0 saturated heterocycles. The van der Waals surface area contributed by atoms with Crippen LogP contribution in [0.1, 0.15) is 50.5 Å². The molecular weight excluding hydrogens is 262 g/mol. The summed E-state index contributed by atoms with van der Waals surface area (Å²) in [5.41, 5.74) is 0.879. The minimum absolute atomic E-state index is 0.447. The van der Waals surface area contributed by atoms with Crippen molar-refractivity contribution in [2.24, 2.45) is 11.8 Å². The van der Waals surface area contributed by atoms with Crippen molar-refractivity contribution in [2.45, 2.75) is 44.9 Å². The predicted molar refractivity (Wildman–Crippen MR) is 85.4 cm³/mol. The van der Waals surface area contributed by atoms with Crippen LogP contribution in [0.4, 0.5) is 0 Å². The number of carboxylic acid groups (broad SMARTS) is 1. The second kappa shape index (κ2) is 8.18. The summed E-state index contributed by atoms with van der Waals surface area (Å²) < 4.78 is 0. The molecular formula is C18H27NO2. The lowest BCUT2D eigenvalue weighted by Crippen LogP contribution is -2.29. The van der Waals surface area contributed by atoms with Gasteiger partial charge in [-0.2, -0.15) is 0 Å². The summed E-state index contributed by atoms with van der Waals surface area (Å²) in [6.07, 6.45) is 6.56. The highest BCUT2D eigenvalue weighted by atomic mass is 16.4. The SMILES string of the molecule is CC1CCC(CCNCC(C(=O)O)c2ccccc2)CC1. The standard InChI is InChI=1S/C18H27NO2/c1-14-7-9-15(10-8-14)11-12-19-13-17(18(20)21)16-5-3-2-4-6-16/h2-6,14-15,17,19H,7-13H2,1H3,(H,20,21). The molecule has 0 amide bonds. The minimum Gasteiger partial charge on any atom is -0.481 e. The van der Waals surface area contributed by atoms with E-state index in [4.69, 9.17) is 0 Å². The molecule has 1 fully saturated rings. The predicted octanol–water partition coefficient (Wildman–Crippen LogP) is 3.66. The molecule has 1 aliphatic carbocycles. The number of aliphatic carboxylic acids is 1. The fourth-order valence-electron chi connectivity index (χ4n) is 3.20. The summed E-state index contributed by atoms with van der Waals surface area (Å²) in [5, 5.41) is 12.7. The molecule has 1 unspecified atom stereocenters. The molecule has 1 aromatic carbocycles. The molecule has 1 aliphatic rings. The minimum atomic E-state index is -0.750. The number of carboxylic acids is 1. The van der Waals surface area contributed by atoms with Gasteiger partial charge in [0.1, 0.15) is 0 Å². The Morgan fingerprint density at radius 3 is 2.52 bits per heavy atom. The summed E-state index contributed by atoms with van der Waals surface area (Å²) >= 11 is 0. The molecule has 1 aromatic rings. The Bertz CT molecular complexity index is 424. The van der Waals surface area contributed by atoms with E-state index in [1.807, 2.05) is 30.3 Å². The Balaban J connectivity index is 1.72. The van der Waals surface area contributed by atoms with Crippen LogP contribution in [0.15, 0.2) is 30.3 Å².